The first-order valence-electron chi connectivity index (χ1n) is 7.05. The van der Waals surface area contributed by atoms with Gasteiger partial charge >= 0.3 is 5.97 Å². The van der Waals surface area contributed by atoms with Gasteiger partial charge in [-0.3, -0.25) is 0 Å². The molecule has 0 aliphatic carbocycles. The van der Waals surface area contributed by atoms with E-state index in [0.717, 1.165) is 22.1 Å². The molecule has 1 aromatic heterocycles. The number of rotatable bonds is 4. The van der Waals surface area contributed by atoms with Crippen LogP contribution in [0, 0.1) is 0 Å². The lowest BCUT2D eigenvalue weighted by molar-refractivity contribution is 0.0522. The molecular weight excluding hydrogens is 310 g/mol. The van der Waals surface area contributed by atoms with Crippen molar-refractivity contribution in [3.05, 3.63) is 64.4 Å². The molecule has 0 atom stereocenters. The van der Waals surface area contributed by atoms with Crippen LogP contribution < -0.4 is 4.74 Å². The van der Waals surface area contributed by atoms with Crippen LogP contribution in [0.3, 0.4) is 0 Å². The highest BCUT2D eigenvalue weighted by atomic mass is 32.1. The van der Waals surface area contributed by atoms with E-state index >= 15 is 0 Å². The fraction of sp³-hybridized carbons (Fsp3) is 0.111. The Morgan fingerprint density at radius 2 is 1.87 bits per heavy atom. The topological polar surface area (TPSA) is 47.9 Å². The molecule has 23 heavy (non-hydrogen) atoms. The summed E-state index contributed by atoms with van der Waals surface area (Å²) in [6, 6.07) is 15.3. The average molecular weight is 325 g/mol. The Bertz CT molecular complexity index is 869. The molecule has 0 aliphatic rings. The molecule has 0 unspecified atom stereocenters. The summed E-state index contributed by atoms with van der Waals surface area (Å²) in [5.74, 6) is 0.380. The predicted molar refractivity (Wildman–Crippen MR) is 92.4 cm³/mol. The molecule has 4 nitrogen and oxygen atoms in total. The fourth-order valence-electron chi connectivity index (χ4n) is 2.18. The zero-order valence-corrected chi connectivity index (χ0v) is 13.6. The van der Waals surface area contributed by atoms with Gasteiger partial charge in [-0.15, -0.1) is 11.3 Å². The van der Waals surface area contributed by atoms with Gasteiger partial charge in [-0.1, -0.05) is 29.4 Å². The third-order valence-corrected chi connectivity index (χ3v) is 4.30. The van der Waals surface area contributed by atoms with E-state index in [9.17, 15) is 4.79 Å². The van der Waals surface area contributed by atoms with E-state index in [1.807, 2.05) is 48.7 Å². The first kappa shape index (κ1) is 15.2. The van der Waals surface area contributed by atoms with Crippen LogP contribution in [0.5, 0.6) is 5.75 Å². The van der Waals surface area contributed by atoms with Gasteiger partial charge in [0.2, 0.25) is 0 Å². The number of ether oxygens (including phenoxy) is 1. The van der Waals surface area contributed by atoms with Gasteiger partial charge in [-0.2, -0.15) is 0 Å². The molecule has 0 N–H and O–H groups in total. The van der Waals surface area contributed by atoms with Crippen LogP contribution in [0.25, 0.3) is 10.8 Å². The van der Waals surface area contributed by atoms with Crippen molar-refractivity contribution in [3.8, 4) is 5.75 Å². The Hall–Kier alpha value is -2.66. The number of oxime groups is 1. The molecule has 1 heterocycles. The molecule has 5 heteroatoms. The number of nitrogens with zero attached hydrogens (tertiary/aromatic N) is 1. The number of fused-ring (bicyclic) bond motifs is 1. The minimum atomic E-state index is -0.440. The normalized spacial score (nSPS) is 11.5. The number of thiophene rings is 1. The number of carbonyl (C=O) groups excluding carboxylic acids is 1. The lowest BCUT2D eigenvalue weighted by atomic mass is 10.0. The molecule has 116 valence electrons. The van der Waals surface area contributed by atoms with E-state index in [0.29, 0.717) is 10.6 Å². The zero-order valence-electron chi connectivity index (χ0n) is 12.8. The number of hydrogen-bond donors (Lipinski definition) is 0. The van der Waals surface area contributed by atoms with E-state index < -0.39 is 5.97 Å². The molecule has 0 spiro atoms. The fourth-order valence-corrected chi connectivity index (χ4v) is 2.77. The summed E-state index contributed by atoms with van der Waals surface area (Å²) in [5.41, 5.74) is 1.55. The van der Waals surface area contributed by atoms with Crippen molar-refractivity contribution in [2.24, 2.45) is 5.16 Å². The molecule has 0 saturated carbocycles. The van der Waals surface area contributed by atoms with Gasteiger partial charge < -0.3 is 9.57 Å². The first-order valence-corrected chi connectivity index (χ1v) is 7.93. The predicted octanol–water partition coefficient (Wildman–Crippen LogP) is 4.49. The van der Waals surface area contributed by atoms with Crippen molar-refractivity contribution in [3.63, 3.8) is 0 Å². The Morgan fingerprint density at radius 1 is 1.09 bits per heavy atom. The summed E-state index contributed by atoms with van der Waals surface area (Å²) in [5, 5.41) is 7.92. The molecule has 3 aromatic rings. The van der Waals surface area contributed by atoms with Gasteiger partial charge in [-0.05, 0) is 52.9 Å². The van der Waals surface area contributed by atoms with Crippen LogP contribution in [0.15, 0.2) is 59.1 Å². The average Bonchev–Trinajstić information content (AvgIpc) is 3.13. The van der Waals surface area contributed by atoms with Crippen molar-refractivity contribution in [1.82, 2.24) is 0 Å². The van der Waals surface area contributed by atoms with Crippen molar-refractivity contribution >= 4 is 33.8 Å². The summed E-state index contributed by atoms with van der Waals surface area (Å²) >= 11 is 1.33. The van der Waals surface area contributed by atoms with E-state index in [2.05, 4.69) is 5.16 Å². The van der Waals surface area contributed by atoms with Gasteiger partial charge in [0, 0.05) is 0 Å². The van der Waals surface area contributed by atoms with Crippen LogP contribution >= 0.6 is 11.3 Å². The molecule has 0 saturated heterocycles. The lowest BCUT2D eigenvalue weighted by Crippen LogP contribution is -2.02. The maximum Gasteiger partial charge on any atom is 0.375 e. The van der Waals surface area contributed by atoms with Crippen molar-refractivity contribution in [1.29, 1.82) is 0 Å². The molecule has 0 aliphatic heterocycles. The van der Waals surface area contributed by atoms with Crippen LogP contribution in [0.1, 0.15) is 22.2 Å². The van der Waals surface area contributed by atoms with Crippen LogP contribution in [-0.4, -0.2) is 18.8 Å². The van der Waals surface area contributed by atoms with Crippen molar-refractivity contribution in [2.45, 2.75) is 6.92 Å². The zero-order chi connectivity index (χ0) is 16.2. The number of benzene rings is 2. The standard InChI is InChI=1S/C18H15NO3S/c1-12(19-22-18(20)17-4-3-9-23-17)13-5-6-15-11-16(21-2)8-7-14(15)10-13/h3-11H,1-2H3/b19-12+. The number of carbonyl (C=O) groups is 1. The minimum absolute atomic E-state index is 0.440. The number of methoxy groups -OCH3 is 1. The molecule has 0 fully saturated rings. The Kier molecular flexibility index (Phi) is 4.39. The summed E-state index contributed by atoms with van der Waals surface area (Å²) in [7, 11) is 1.65. The first-order chi connectivity index (χ1) is 11.2. The van der Waals surface area contributed by atoms with E-state index in [-0.39, 0.29) is 0 Å². The highest BCUT2D eigenvalue weighted by molar-refractivity contribution is 7.11. The number of hydrogen-bond acceptors (Lipinski definition) is 5. The largest absolute Gasteiger partial charge is 0.497 e. The molecular formula is C18H15NO3S. The van der Waals surface area contributed by atoms with Crippen LogP contribution in [0.2, 0.25) is 0 Å². The summed E-state index contributed by atoms with van der Waals surface area (Å²) in [6.07, 6.45) is 0. The second-order valence-electron chi connectivity index (χ2n) is 4.96. The Morgan fingerprint density at radius 3 is 2.61 bits per heavy atom. The third kappa shape index (κ3) is 3.40. The van der Waals surface area contributed by atoms with E-state index in [1.165, 1.54) is 11.3 Å². The summed E-state index contributed by atoms with van der Waals surface area (Å²) < 4.78 is 5.22. The van der Waals surface area contributed by atoms with Gasteiger partial charge in [0.15, 0.2) is 0 Å². The summed E-state index contributed by atoms with van der Waals surface area (Å²) in [4.78, 5) is 17.3. The van der Waals surface area contributed by atoms with E-state index in [4.69, 9.17) is 9.57 Å². The van der Waals surface area contributed by atoms with Crippen LogP contribution in [-0.2, 0) is 4.84 Å². The molecule has 2 aromatic carbocycles. The lowest BCUT2D eigenvalue weighted by Gasteiger charge is -2.05. The van der Waals surface area contributed by atoms with E-state index in [1.54, 1.807) is 19.2 Å². The second kappa shape index (κ2) is 6.62. The maximum absolute atomic E-state index is 11.8. The van der Waals surface area contributed by atoms with Crippen LogP contribution in [0.4, 0.5) is 0 Å². The molecule has 3 rings (SSSR count). The van der Waals surface area contributed by atoms with Gasteiger partial charge in [-0.25, -0.2) is 4.79 Å². The molecule has 0 bridgehead atoms. The van der Waals surface area contributed by atoms with Gasteiger partial charge in [0.1, 0.15) is 10.6 Å². The highest BCUT2D eigenvalue weighted by Crippen LogP contribution is 2.22. The molecule has 0 amide bonds. The minimum Gasteiger partial charge on any atom is -0.497 e. The smallest absolute Gasteiger partial charge is 0.375 e. The maximum atomic E-state index is 11.8. The third-order valence-electron chi connectivity index (χ3n) is 3.45. The van der Waals surface area contributed by atoms with Crippen molar-refractivity contribution in [2.75, 3.05) is 7.11 Å². The quantitative estimate of drug-likeness (QED) is 0.403. The SMILES string of the molecule is COc1ccc2cc(/C(C)=N/OC(=O)c3cccs3)ccc2c1. The van der Waals surface area contributed by atoms with Gasteiger partial charge in [0.25, 0.3) is 0 Å². The Balaban J connectivity index is 1.81. The monoisotopic (exact) mass is 325 g/mol. The second-order valence-corrected chi connectivity index (χ2v) is 5.91. The Labute approximate surface area is 138 Å². The van der Waals surface area contributed by atoms with Crippen molar-refractivity contribution < 1.29 is 14.4 Å². The summed E-state index contributed by atoms with van der Waals surface area (Å²) in [6.45, 7) is 1.81. The molecule has 0 radical (unpaired) electrons. The highest BCUT2D eigenvalue weighted by Gasteiger charge is 2.08. The van der Waals surface area contributed by atoms with Gasteiger partial charge in [0.05, 0.1) is 12.8 Å².